The standard InChI is InChI=1S/C25H20BrN3O2/c1-16(30)28-20-11-9-18(10-12-20)24-14-22(21-7-2-3-8-23(21)29-24)25(31)27-15-17-5-4-6-19(26)13-17/h2-14H,15H2,1H3,(H,27,31)(H,28,30). The second kappa shape index (κ2) is 9.10. The molecule has 3 aromatic carbocycles. The Morgan fingerprint density at radius 3 is 2.45 bits per heavy atom. The van der Waals surface area contributed by atoms with Crippen LogP contribution >= 0.6 is 15.9 Å². The second-order valence-corrected chi connectivity index (χ2v) is 8.06. The van der Waals surface area contributed by atoms with E-state index in [4.69, 9.17) is 4.98 Å². The first-order chi connectivity index (χ1) is 15.0. The molecular weight excluding hydrogens is 454 g/mol. The summed E-state index contributed by atoms with van der Waals surface area (Å²) in [5, 5.41) is 6.56. The highest BCUT2D eigenvalue weighted by Gasteiger charge is 2.14. The lowest BCUT2D eigenvalue weighted by Crippen LogP contribution is -2.23. The number of nitrogens with zero attached hydrogens (tertiary/aromatic N) is 1. The molecule has 0 saturated heterocycles. The Hall–Kier alpha value is -3.51. The van der Waals surface area contributed by atoms with Crippen molar-refractivity contribution in [2.24, 2.45) is 0 Å². The first-order valence-electron chi connectivity index (χ1n) is 9.80. The topological polar surface area (TPSA) is 71.1 Å². The van der Waals surface area contributed by atoms with Gasteiger partial charge in [-0.15, -0.1) is 0 Å². The molecule has 4 rings (SSSR count). The number of carbonyl (C=O) groups is 2. The number of pyridine rings is 1. The third-order valence-electron chi connectivity index (χ3n) is 4.80. The molecule has 4 aromatic rings. The fourth-order valence-corrected chi connectivity index (χ4v) is 3.81. The summed E-state index contributed by atoms with van der Waals surface area (Å²) in [4.78, 5) is 29.1. The summed E-state index contributed by atoms with van der Waals surface area (Å²) in [5.41, 5.74) is 4.60. The van der Waals surface area contributed by atoms with Gasteiger partial charge < -0.3 is 10.6 Å². The third kappa shape index (κ3) is 4.98. The van der Waals surface area contributed by atoms with E-state index >= 15 is 0 Å². The van der Waals surface area contributed by atoms with Gasteiger partial charge in [-0.1, -0.05) is 58.4 Å². The number of anilines is 1. The number of hydrogen-bond donors (Lipinski definition) is 2. The van der Waals surface area contributed by atoms with Gasteiger partial charge in [0.1, 0.15) is 0 Å². The smallest absolute Gasteiger partial charge is 0.252 e. The predicted octanol–water partition coefficient (Wildman–Crippen LogP) is 5.55. The van der Waals surface area contributed by atoms with Gasteiger partial charge in [0.05, 0.1) is 16.8 Å². The van der Waals surface area contributed by atoms with Crippen LogP contribution in [0.4, 0.5) is 5.69 Å². The summed E-state index contributed by atoms with van der Waals surface area (Å²) in [6.45, 7) is 1.90. The maximum atomic E-state index is 13.1. The van der Waals surface area contributed by atoms with Crippen LogP contribution in [-0.2, 0) is 11.3 Å². The fraction of sp³-hybridized carbons (Fsp3) is 0.0800. The lowest BCUT2D eigenvalue weighted by molar-refractivity contribution is -0.114. The SMILES string of the molecule is CC(=O)Nc1ccc(-c2cc(C(=O)NCc3cccc(Br)c3)c3ccccc3n2)cc1. The van der Waals surface area contributed by atoms with Gasteiger partial charge in [-0.05, 0) is 42.0 Å². The predicted molar refractivity (Wildman–Crippen MR) is 127 cm³/mol. The van der Waals surface area contributed by atoms with Gasteiger partial charge in [-0.2, -0.15) is 0 Å². The molecule has 0 spiro atoms. The third-order valence-corrected chi connectivity index (χ3v) is 5.30. The Balaban J connectivity index is 1.66. The Kier molecular flexibility index (Phi) is 6.09. The summed E-state index contributed by atoms with van der Waals surface area (Å²) in [6.07, 6.45) is 0. The average Bonchev–Trinajstić information content (AvgIpc) is 2.77. The van der Waals surface area contributed by atoms with Crippen LogP contribution in [0.25, 0.3) is 22.2 Å². The van der Waals surface area contributed by atoms with Crippen LogP contribution in [0.2, 0.25) is 0 Å². The highest BCUT2D eigenvalue weighted by molar-refractivity contribution is 9.10. The molecule has 154 valence electrons. The largest absolute Gasteiger partial charge is 0.348 e. The van der Waals surface area contributed by atoms with E-state index in [-0.39, 0.29) is 11.8 Å². The normalized spacial score (nSPS) is 10.6. The van der Waals surface area contributed by atoms with Gasteiger partial charge in [0.15, 0.2) is 0 Å². The van der Waals surface area contributed by atoms with Crippen molar-refractivity contribution in [3.05, 3.63) is 94.5 Å². The molecule has 0 fully saturated rings. The van der Waals surface area contributed by atoms with Crippen molar-refractivity contribution in [1.82, 2.24) is 10.3 Å². The zero-order chi connectivity index (χ0) is 21.8. The van der Waals surface area contributed by atoms with E-state index in [1.165, 1.54) is 6.92 Å². The van der Waals surface area contributed by atoms with E-state index in [9.17, 15) is 9.59 Å². The van der Waals surface area contributed by atoms with Crippen molar-refractivity contribution >= 4 is 44.3 Å². The number of carbonyl (C=O) groups excluding carboxylic acids is 2. The number of aromatic nitrogens is 1. The van der Waals surface area contributed by atoms with Gasteiger partial charge >= 0.3 is 0 Å². The van der Waals surface area contributed by atoms with Crippen LogP contribution in [0.1, 0.15) is 22.8 Å². The summed E-state index contributed by atoms with van der Waals surface area (Å²) >= 11 is 3.46. The maximum absolute atomic E-state index is 13.1. The first kappa shape index (κ1) is 20.8. The number of amides is 2. The molecule has 0 saturated carbocycles. The Morgan fingerprint density at radius 2 is 1.71 bits per heavy atom. The molecule has 2 amide bonds. The van der Waals surface area contributed by atoms with Crippen LogP contribution in [0.15, 0.2) is 83.3 Å². The lowest BCUT2D eigenvalue weighted by atomic mass is 10.0. The molecule has 1 aromatic heterocycles. The minimum atomic E-state index is -0.158. The van der Waals surface area contributed by atoms with E-state index in [0.717, 1.165) is 26.5 Å². The number of halogens is 1. The summed E-state index contributed by atoms with van der Waals surface area (Å²) in [7, 11) is 0. The number of hydrogen-bond acceptors (Lipinski definition) is 3. The zero-order valence-electron chi connectivity index (χ0n) is 16.9. The van der Waals surface area contributed by atoms with Crippen molar-refractivity contribution in [2.45, 2.75) is 13.5 Å². The van der Waals surface area contributed by atoms with Crippen LogP contribution in [0.5, 0.6) is 0 Å². The highest BCUT2D eigenvalue weighted by atomic mass is 79.9. The second-order valence-electron chi connectivity index (χ2n) is 7.14. The molecule has 0 unspecified atom stereocenters. The van der Waals surface area contributed by atoms with Gasteiger partial charge in [-0.3, -0.25) is 9.59 Å². The number of rotatable bonds is 5. The van der Waals surface area contributed by atoms with Crippen molar-refractivity contribution in [3.63, 3.8) is 0 Å². The van der Waals surface area contributed by atoms with Crippen molar-refractivity contribution < 1.29 is 9.59 Å². The van der Waals surface area contributed by atoms with Gasteiger partial charge in [0.2, 0.25) is 5.91 Å². The van der Waals surface area contributed by atoms with Gasteiger partial charge in [0, 0.05) is 34.6 Å². The Labute approximate surface area is 188 Å². The molecule has 0 aliphatic carbocycles. The molecule has 0 aliphatic rings. The molecule has 0 bridgehead atoms. The van der Waals surface area contributed by atoms with Crippen molar-refractivity contribution in [2.75, 3.05) is 5.32 Å². The Morgan fingerprint density at radius 1 is 0.935 bits per heavy atom. The van der Waals surface area contributed by atoms with Crippen molar-refractivity contribution in [1.29, 1.82) is 0 Å². The zero-order valence-corrected chi connectivity index (χ0v) is 18.4. The van der Waals surface area contributed by atoms with Crippen LogP contribution in [-0.4, -0.2) is 16.8 Å². The van der Waals surface area contributed by atoms with E-state index in [0.29, 0.717) is 23.5 Å². The van der Waals surface area contributed by atoms with Gasteiger partial charge in [-0.25, -0.2) is 4.98 Å². The van der Waals surface area contributed by atoms with Crippen LogP contribution < -0.4 is 10.6 Å². The number of para-hydroxylation sites is 1. The summed E-state index contributed by atoms with van der Waals surface area (Å²) < 4.78 is 0.971. The molecular formula is C25H20BrN3O2. The van der Waals surface area contributed by atoms with E-state index in [1.54, 1.807) is 0 Å². The minimum absolute atomic E-state index is 0.124. The molecule has 0 radical (unpaired) electrons. The van der Waals surface area contributed by atoms with E-state index < -0.39 is 0 Å². The number of fused-ring (bicyclic) bond motifs is 1. The lowest BCUT2D eigenvalue weighted by Gasteiger charge is -2.11. The van der Waals surface area contributed by atoms with Crippen LogP contribution in [0, 0.1) is 0 Å². The highest BCUT2D eigenvalue weighted by Crippen LogP contribution is 2.26. The number of nitrogens with one attached hydrogen (secondary N) is 2. The fourth-order valence-electron chi connectivity index (χ4n) is 3.36. The van der Waals surface area contributed by atoms with E-state index in [2.05, 4.69) is 26.6 Å². The maximum Gasteiger partial charge on any atom is 0.252 e. The quantitative estimate of drug-likeness (QED) is 0.398. The first-order valence-corrected chi connectivity index (χ1v) is 10.6. The summed E-state index contributed by atoms with van der Waals surface area (Å²) in [5.74, 6) is -0.282. The monoisotopic (exact) mass is 473 g/mol. The molecule has 0 atom stereocenters. The average molecular weight is 474 g/mol. The number of benzene rings is 3. The van der Waals surface area contributed by atoms with Gasteiger partial charge in [0.25, 0.3) is 5.91 Å². The Bertz CT molecular complexity index is 1270. The minimum Gasteiger partial charge on any atom is -0.348 e. The molecule has 31 heavy (non-hydrogen) atoms. The summed E-state index contributed by atoms with van der Waals surface area (Å²) in [6, 6.07) is 24.7. The molecule has 5 nitrogen and oxygen atoms in total. The molecule has 0 aliphatic heterocycles. The van der Waals surface area contributed by atoms with E-state index in [1.807, 2.05) is 78.9 Å². The van der Waals surface area contributed by atoms with Crippen LogP contribution in [0.3, 0.4) is 0 Å². The molecule has 1 heterocycles. The molecule has 2 N–H and O–H groups in total. The van der Waals surface area contributed by atoms with Crippen molar-refractivity contribution in [3.8, 4) is 11.3 Å². The molecule has 6 heteroatoms.